The van der Waals surface area contributed by atoms with Crippen molar-refractivity contribution in [1.82, 2.24) is 4.72 Å². The van der Waals surface area contributed by atoms with Crippen LogP contribution in [0.5, 0.6) is 0 Å². The molecule has 1 unspecified atom stereocenters. The first kappa shape index (κ1) is 20.5. The molecule has 1 aromatic carbocycles. The van der Waals surface area contributed by atoms with E-state index in [9.17, 15) is 13.2 Å². The summed E-state index contributed by atoms with van der Waals surface area (Å²) in [5.74, 6) is -1.06. The van der Waals surface area contributed by atoms with Crippen LogP contribution in [0.2, 0.25) is 0 Å². The van der Waals surface area contributed by atoms with Crippen molar-refractivity contribution in [3.05, 3.63) is 51.8 Å². The Morgan fingerprint density at radius 1 is 1.19 bits per heavy atom. The lowest BCUT2D eigenvalue weighted by molar-refractivity contribution is -0.158. The second-order valence-electron chi connectivity index (χ2n) is 7.71. The van der Waals surface area contributed by atoms with E-state index in [1.165, 1.54) is 6.07 Å². The van der Waals surface area contributed by atoms with Crippen LogP contribution in [0.1, 0.15) is 39.2 Å². The fourth-order valence-corrected chi connectivity index (χ4v) is 6.82. The average molecular weight is 472 g/mol. The summed E-state index contributed by atoms with van der Waals surface area (Å²) in [6.07, 6.45) is 0. The molecule has 8 heteroatoms. The van der Waals surface area contributed by atoms with Gasteiger partial charge in [0.2, 0.25) is 0 Å². The Hall–Kier alpha value is -1.22. The summed E-state index contributed by atoms with van der Waals surface area (Å²) in [6.45, 7) is 7.19. The molecule has 1 aliphatic carbocycles. The van der Waals surface area contributed by atoms with Gasteiger partial charge in [-0.2, -0.15) is 4.72 Å². The maximum Gasteiger partial charge on any atom is 0.328 e. The van der Waals surface area contributed by atoms with Crippen LogP contribution < -0.4 is 4.72 Å². The summed E-state index contributed by atoms with van der Waals surface area (Å²) in [7, 11) is -3.87. The van der Waals surface area contributed by atoms with Gasteiger partial charge < -0.3 is 4.74 Å². The van der Waals surface area contributed by atoms with Crippen LogP contribution in [0, 0.1) is 5.92 Å². The lowest BCUT2D eigenvalue weighted by Gasteiger charge is -2.25. The quantitative estimate of drug-likeness (QED) is 0.659. The van der Waals surface area contributed by atoms with E-state index >= 15 is 0 Å². The fraction of sp³-hybridized carbons (Fsp3) is 0.421. The molecule has 0 spiro atoms. The summed E-state index contributed by atoms with van der Waals surface area (Å²) < 4.78 is 35.1. The van der Waals surface area contributed by atoms with Crippen molar-refractivity contribution in [2.45, 2.75) is 49.0 Å². The standard InChI is InChI=1S/C19H22BrNO4S2/c1-12-16(13-8-6-5-7-9-13)19(12,17(22)25-18(2,3)4)21-27(23,24)15-11-10-14(20)26-15/h5-12,16,21H,1-4H3/t12-,16?,19-/m0/s1. The predicted octanol–water partition coefficient (Wildman–Crippen LogP) is 4.30. The van der Waals surface area contributed by atoms with Gasteiger partial charge in [-0.05, 0) is 60.3 Å². The largest absolute Gasteiger partial charge is 0.459 e. The molecule has 3 rings (SSSR count). The number of halogens is 1. The van der Waals surface area contributed by atoms with Gasteiger partial charge in [-0.15, -0.1) is 11.3 Å². The smallest absolute Gasteiger partial charge is 0.328 e. The number of ether oxygens (including phenoxy) is 1. The molecule has 1 heterocycles. The molecule has 0 amide bonds. The van der Waals surface area contributed by atoms with E-state index in [-0.39, 0.29) is 16.0 Å². The van der Waals surface area contributed by atoms with E-state index in [1.54, 1.807) is 26.8 Å². The minimum absolute atomic E-state index is 0.156. The number of hydrogen-bond donors (Lipinski definition) is 1. The van der Waals surface area contributed by atoms with Gasteiger partial charge in [-0.1, -0.05) is 37.3 Å². The minimum atomic E-state index is -3.87. The number of carbonyl (C=O) groups excluding carboxylic acids is 1. The van der Waals surface area contributed by atoms with Crippen LogP contribution in [0.15, 0.2) is 50.5 Å². The van der Waals surface area contributed by atoms with Crippen LogP contribution >= 0.6 is 27.3 Å². The number of carbonyl (C=O) groups is 1. The normalized spacial score (nSPS) is 25.2. The Morgan fingerprint density at radius 3 is 2.33 bits per heavy atom. The Labute approximate surface area is 172 Å². The second kappa shape index (κ2) is 6.99. The zero-order valence-electron chi connectivity index (χ0n) is 15.5. The second-order valence-corrected chi connectivity index (χ2v) is 12.1. The van der Waals surface area contributed by atoms with Gasteiger partial charge in [0.15, 0.2) is 0 Å². The summed E-state index contributed by atoms with van der Waals surface area (Å²) in [5.41, 5.74) is -1.12. The molecule has 146 valence electrons. The van der Waals surface area contributed by atoms with Gasteiger partial charge in [-0.3, -0.25) is 0 Å². The molecule has 2 aromatic rings. The monoisotopic (exact) mass is 471 g/mol. The first-order valence-electron chi connectivity index (χ1n) is 8.55. The first-order valence-corrected chi connectivity index (χ1v) is 11.6. The molecule has 1 aromatic heterocycles. The van der Waals surface area contributed by atoms with E-state index in [0.29, 0.717) is 3.79 Å². The molecule has 1 N–H and O–H groups in total. The van der Waals surface area contributed by atoms with E-state index in [1.807, 2.05) is 37.3 Å². The van der Waals surface area contributed by atoms with Crippen LogP contribution in [-0.4, -0.2) is 25.5 Å². The van der Waals surface area contributed by atoms with Crippen molar-refractivity contribution in [2.24, 2.45) is 5.92 Å². The molecule has 0 saturated heterocycles. The molecule has 1 aliphatic rings. The van der Waals surface area contributed by atoms with Crippen LogP contribution in [0.25, 0.3) is 0 Å². The number of rotatable bonds is 5. The molecule has 0 radical (unpaired) electrons. The average Bonchev–Trinajstić information content (AvgIpc) is 2.89. The topological polar surface area (TPSA) is 72.5 Å². The molecular formula is C19H22BrNO4S2. The van der Waals surface area contributed by atoms with Crippen molar-refractivity contribution in [2.75, 3.05) is 0 Å². The highest BCUT2D eigenvalue weighted by atomic mass is 79.9. The Bertz CT molecular complexity index is 950. The van der Waals surface area contributed by atoms with Gasteiger partial charge in [-0.25, -0.2) is 13.2 Å². The van der Waals surface area contributed by atoms with E-state index in [4.69, 9.17) is 4.74 Å². The lowest BCUT2D eigenvalue weighted by atomic mass is 10.1. The fourth-order valence-electron chi connectivity index (χ4n) is 3.36. The van der Waals surface area contributed by atoms with Crippen molar-refractivity contribution in [3.63, 3.8) is 0 Å². The molecule has 1 fully saturated rings. The van der Waals surface area contributed by atoms with Gasteiger partial charge in [0.1, 0.15) is 15.3 Å². The van der Waals surface area contributed by atoms with Crippen molar-refractivity contribution in [3.8, 4) is 0 Å². The SMILES string of the molecule is C[C@H]1C(c2ccccc2)[C@]1(NS(=O)(=O)c1ccc(Br)s1)C(=O)OC(C)(C)C. The molecule has 5 nitrogen and oxygen atoms in total. The number of thiophene rings is 1. The first-order chi connectivity index (χ1) is 12.5. The molecule has 1 saturated carbocycles. The predicted molar refractivity (Wildman–Crippen MR) is 109 cm³/mol. The van der Waals surface area contributed by atoms with Gasteiger partial charge in [0, 0.05) is 5.92 Å². The number of esters is 1. The Balaban J connectivity index is 2.00. The third-order valence-electron chi connectivity index (χ3n) is 4.61. The number of sulfonamides is 1. The molecule has 3 atom stereocenters. The van der Waals surface area contributed by atoms with E-state index in [2.05, 4.69) is 20.7 Å². The minimum Gasteiger partial charge on any atom is -0.459 e. The van der Waals surface area contributed by atoms with Crippen LogP contribution in [-0.2, 0) is 19.6 Å². The van der Waals surface area contributed by atoms with Crippen molar-refractivity contribution >= 4 is 43.3 Å². The molecule has 0 aliphatic heterocycles. The number of benzene rings is 1. The zero-order valence-corrected chi connectivity index (χ0v) is 18.7. The highest BCUT2D eigenvalue weighted by Gasteiger charge is 2.71. The van der Waals surface area contributed by atoms with Crippen LogP contribution in [0.4, 0.5) is 0 Å². The zero-order chi connectivity index (χ0) is 20.0. The molecule has 0 bridgehead atoms. The van der Waals surface area contributed by atoms with Crippen molar-refractivity contribution in [1.29, 1.82) is 0 Å². The molecule has 27 heavy (non-hydrogen) atoms. The number of nitrogens with one attached hydrogen (secondary N) is 1. The maximum atomic E-state index is 13.1. The highest BCUT2D eigenvalue weighted by Crippen LogP contribution is 2.59. The summed E-state index contributed by atoms with van der Waals surface area (Å²) in [4.78, 5) is 13.1. The summed E-state index contributed by atoms with van der Waals surface area (Å²) in [6, 6.07) is 12.6. The molecular weight excluding hydrogens is 450 g/mol. The summed E-state index contributed by atoms with van der Waals surface area (Å²) >= 11 is 4.38. The van der Waals surface area contributed by atoms with E-state index < -0.39 is 27.1 Å². The summed E-state index contributed by atoms with van der Waals surface area (Å²) in [5, 5.41) is 0. The van der Waals surface area contributed by atoms with Crippen LogP contribution in [0.3, 0.4) is 0 Å². The third kappa shape index (κ3) is 3.99. The van der Waals surface area contributed by atoms with Gasteiger partial charge in [0.25, 0.3) is 10.0 Å². The maximum absolute atomic E-state index is 13.1. The lowest BCUT2D eigenvalue weighted by Crippen LogP contribution is -2.48. The third-order valence-corrected chi connectivity index (χ3v) is 8.21. The Kier molecular flexibility index (Phi) is 5.31. The van der Waals surface area contributed by atoms with Crippen molar-refractivity contribution < 1.29 is 17.9 Å². The number of hydrogen-bond acceptors (Lipinski definition) is 5. The Morgan fingerprint density at radius 2 is 1.81 bits per heavy atom. The van der Waals surface area contributed by atoms with Gasteiger partial charge >= 0.3 is 5.97 Å². The van der Waals surface area contributed by atoms with E-state index in [0.717, 1.165) is 16.9 Å². The van der Waals surface area contributed by atoms with Gasteiger partial charge in [0.05, 0.1) is 3.79 Å². The highest BCUT2D eigenvalue weighted by molar-refractivity contribution is 9.11.